The minimum atomic E-state index is 0.0877. The van der Waals surface area contributed by atoms with Crippen LogP contribution in [0.4, 0.5) is 0 Å². The van der Waals surface area contributed by atoms with Gasteiger partial charge >= 0.3 is 0 Å². The number of methoxy groups -OCH3 is 1. The second-order valence-corrected chi connectivity index (χ2v) is 5.39. The maximum absolute atomic E-state index is 7.57. The van der Waals surface area contributed by atoms with E-state index in [1.807, 2.05) is 25.1 Å². The summed E-state index contributed by atoms with van der Waals surface area (Å²) in [6, 6.07) is 5.66. The summed E-state index contributed by atoms with van der Waals surface area (Å²) < 4.78 is 11.2. The molecule has 0 aromatic heterocycles. The predicted molar refractivity (Wildman–Crippen MR) is 83.9 cm³/mol. The van der Waals surface area contributed by atoms with E-state index in [4.69, 9.17) is 20.6 Å². The van der Waals surface area contributed by atoms with Crippen molar-refractivity contribution in [1.82, 2.24) is 4.90 Å². The molecule has 0 bridgehead atoms. The van der Waals surface area contributed by atoms with Crippen molar-refractivity contribution in [2.45, 2.75) is 32.4 Å². The zero-order valence-electron chi connectivity index (χ0n) is 12.9. The van der Waals surface area contributed by atoms with Gasteiger partial charge in [-0.3, -0.25) is 10.3 Å². The van der Waals surface area contributed by atoms with Crippen molar-refractivity contribution >= 4 is 5.84 Å². The minimum absolute atomic E-state index is 0.0877. The van der Waals surface area contributed by atoms with Gasteiger partial charge in [-0.1, -0.05) is 0 Å². The fraction of sp³-hybridized carbons (Fsp3) is 0.562. The first kappa shape index (κ1) is 15.8. The second-order valence-electron chi connectivity index (χ2n) is 5.39. The van der Waals surface area contributed by atoms with Crippen molar-refractivity contribution in [3.05, 3.63) is 29.3 Å². The van der Waals surface area contributed by atoms with Crippen molar-refractivity contribution in [2.75, 3.05) is 26.8 Å². The zero-order valence-corrected chi connectivity index (χ0v) is 12.9. The molecule has 1 aromatic rings. The van der Waals surface area contributed by atoms with Gasteiger partial charge in [-0.25, -0.2) is 0 Å². The fourth-order valence-electron chi connectivity index (χ4n) is 2.84. The molecule has 1 aliphatic heterocycles. The highest BCUT2D eigenvalue weighted by Gasteiger charge is 2.21. The summed E-state index contributed by atoms with van der Waals surface area (Å²) in [6.07, 6.45) is 2.61. The molecular formula is C16H25N3O2. The first-order valence-corrected chi connectivity index (χ1v) is 7.49. The molecule has 21 heavy (non-hydrogen) atoms. The molecular weight excluding hydrogens is 266 g/mol. The lowest BCUT2D eigenvalue weighted by molar-refractivity contribution is 0.00346. The van der Waals surface area contributed by atoms with Crippen LogP contribution in [0.3, 0.4) is 0 Å². The van der Waals surface area contributed by atoms with Gasteiger partial charge in [0.1, 0.15) is 11.6 Å². The molecule has 0 saturated carbocycles. The Morgan fingerprint density at radius 3 is 2.95 bits per heavy atom. The zero-order chi connectivity index (χ0) is 15.2. The Labute approximate surface area is 126 Å². The smallest absolute Gasteiger partial charge is 0.123 e. The van der Waals surface area contributed by atoms with E-state index in [9.17, 15) is 0 Å². The van der Waals surface area contributed by atoms with Crippen LogP contribution in [0.25, 0.3) is 0 Å². The van der Waals surface area contributed by atoms with Crippen LogP contribution in [-0.4, -0.2) is 43.6 Å². The van der Waals surface area contributed by atoms with Crippen molar-refractivity contribution in [2.24, 2.45) is 5.73 Å². The molecule has 3 N–H and O–H groups in total. The van der Waals surface area contributed by atoms with Gasteiger partial charge in [0.15, 0.2) is 0 Å². The monoisotopic (exact) mass is 291 g/mol. The molecule has 2 rings (SSSR count). The molecule has 5 heteroatoms. The first-order chi connectivity index (χ1) is 10.1. The van der Waals surface area contributed by atoms with Crippen LogP contribution in [0.1, 0.15) is 30.9 Å². The molecule has 1 aromatic carbocycles. The molecule has 0 aliphatic carbocycles. The number of amidine groups is 1. The van der Waals surface area contributed by atoms with Crippen LogP contribution >= 0.6 is 0 Å². The Morgan fingerprint density at radius 1 is 1.48 bits per heavy atom. The van der Waals surface area contributed by atoms with Crippen molar-refractivity contribution < 1.29 is 9.47 Å². The van der Waals surface area contributed by atoms with Crippen LogP contribution < -0.4 is 10.5 Å². The lowest BCUT2D eigenvalue weighted by Gasteiger charge is -2.32. The molecule has 1 atom stereocenters. The van der Waals surface area contributed by atoms with Gasteiger partial charge in [0.05, 0.1) is 13.2 Å². The van der Waals surface area contributed by atoms with E-state index < -0.39 is 0 Å². The molecule has 5 nitrogen and oxygen atoms in total. The number of benzene rings is 1. The van der Waals surface area contributed by atoms with Gasteiger partial charge in [0.2, 0.25) is 0 Å². The van der Waals surface area contributed by atoms with E-state index >= 15 is 0 Å². The Hall–Kier alpha value is -1.59. The predicted octanol–water partition coefficient (Wildman–Crippen LogP) is 1.98. The molecule has 1 saturated heterocycles. The Kier molecular flexibility index (Phi) is 5.59. The topological polar surface area (TPSA) is 71.6 Å². The largest absolute Gasteiger partial charge is 0.496 e. The SMILES string of the molecule is CCOC1CCCN(Cc2cc(C(=N)N)ccc2OC)C1. The number of likely N-dealkylation sites (tertiary alicyclic amines) is 1. The van der Waals surface area contributed by atoms with Gasteiger partial charge in [-0.2, -0.15) is 0 Å². The standard InChI is InChI=1S/C16H25N3O2/c1-3-21-14-5-4-8-19(11-14)10-13-9-12(16(17)18)6-7-15(13)20-2/h6-7,9,14H,3-5,8,10-11H2,1-2H3,(H3,17,18). The Balaban J connectivity index is 2.10. The number of nitrogens with two attached hydrogens (primary N) is 1. The van der Waals surface area contributed by atoms with Crippen LogP contribution in [0.5, 0.6) is 5.75 Å². The summed E-state index contributed by atoms with van der Waals surface area (Å²) in [5.41, 5.74) is 7.39. The lowest BCUT2D eigenvalue weighted by Crippen LogP contribution is -2.39. The number of piperidine rings is 1. The summed E-state index contributed by atoms with van der Waals surface area (Å²) in [6.45, 7) is 5.62. The van der Waals surface area contributed by atoms with E-state index in [1.165, 1.54) is 0 Å². The Morgan fingerprint density at radius 2 is 2.29 bits per heavy atom. The summed E-state index contributed by atoms with van der Waals surface area (Å²) in [5, 5.41) is 7.57. The minimum Gasteiger partial charge on any atom is -0.496 e. The molecule has 1 fully saturated rings. The van der Waals surface area contributed by atoms with Crippen molar-refractivity contribution in [3.63, 3.8) is 0 Å². The van der Waals surface area contributed by atoms with E-state index in [-0.39, 0.29) is 5.84 Å². The van der Waals surface area contributed by atoms with Gasteiger partial charge < -0.3 is 15.2 Å². The van der Waals surface area contributed by atoms with Gasteiger partial charge in [-0.05, 0) is 44.5 Å². The number of ether oxygens (including phenoxy) is 2. The second kappa shape index (κ2) is 7.43. The summed E-state index contributed by atoms with van der Waals surface area (Å²) in [7, 11) is 1.67. The van der Waals surface area contributed by atoms with Gasteiger partial charge in [0.25, 0.3) is 0 Å². The highest BCUT2D eigenvalue weighted by atomic mass is 16.5. The van der Waals surface area contributed by atoms with Crippen LogP contribution in [0.15, 0.2) is 18.2 Å². The van der Waals surface area contributed by atoms with Crippen LogP contribution in [-0.2, 0) is 11.3 Å². The third-order valence-corrected chi connectivity index (χ3v) is 3.85. The number of nitrogens with one attached hydrogen (secondary N) is 1. The average Bonchev–Trinajstić information content (AvgIpc) is 2.48. The van der Waals surface area contributed by atoms with E-state index in [2.05, 4.69) is 4.90 Å². The summed E-state index contributed by atoms with van der Waals surface area (Å²) >= 11 is 0. The maximum atomic E-state index is 7.57. The summed E-state index contributed by atoms with van der Waals surface area (Å²) in [4.78, 5) is 2.38. The highest BCUT2D eigenvalue weighted by molar-refractivity contribution is 5.95. The van der Waals surface area contributed by atoms with E-state index in [0.29, 0.717) is 6.10 Å². The van der Waals surface area contributed by atoms with E-state index in [0.717, 1.165) is 56.0 Å². The third kappa shape index (κ3) is 4.19. The number of hydrogen-bond donors (Lipinski definition) is 2. The third-order valence-electron chi connectivity index (χ3n) is 3.85. The van der Waals surface area contributed by atoms with Gasteiger partial charge in [0, 0.05) is 30.8 Å². The quantitative estimate of drug-likeness (QED) is 0.621. The molecule has 1 aliphatic rings. The molecule has 0 amide bonds. The van der Waals surface area contributed by atoms with Crippen LogP contribution in [0, 0.1) is 5.41 Å². The fourth-order valence-corrected chi connectivity index (χ4v) is 2.84. The maximum Gasteiger partial charge on any atom is 0.123 e. The van der Waals surface area contributed by atoms with Crippen molar-refractivity contribution in [3.8, 4) is 5.75 Å². The highest BCUT2D eigenvalue weighted by Crippen LogP contribution is 2.23. The number of rotatable bonds is 6. The van der Waals surface area contributed by atoms with Crippen LogP contribution in [0.2, 0.25) is 0 Å². The van der Waals surface area contributed by atoms with Crippen molar-refractivity contribution in [1.29, 1.82) is 5.41 Å². The molecule has 0 radical (unpaired) electrons. The molecule has 1 unspecified atom stereocenters. The first-order valence-electron chi connectivity index (χ1n) is 7.49. The Bertz CT molecular complexity index is 488. The molecule has 1 heterocycles. The molecule has 0 spiro atoms. The number of hydrogen-bond acceptors (Lipinski definition) is 4. The number of nitrogens with zero attached hydrogens (tertiary/aromatic N) is 1. The average molecular weight is 291 g/mol. The van der Waals surface area contributed by atoms with Gasteiger partial charge in [-0.15, -0.1) is 0 Å². The summed E-state index contributed by atoms with van der Waals surface area (Å²) in [5.74, 6) is 0.934. The number of nitrogen functional groups attached to an aromatic ring is 1. The normalized spacial score (nSPS) is 19.4. The lowest BCUT2D eigenvalue weighted by atomic mass is 10.0. The van der Waals surface area contributed by atoms with E-state index in [1.54, 1.807) is 7.11 Å². The molecule has 116 valence electrons.